The second-order valence-electron chi connectivity index (χ2n) is 6.15. The normalized spacial score (nSPS) is 15.8. The van der Waals surface area contributed by atoms with Crippen molar-refractivity contribution in [3.05, 3.63) is 0 Å². The lowest BCUT2D eigenvalue weighted by Crippen LogP contribution is -2.37. The number of likely N-dealkylation sites (tertiary alicyclic amines) is 1. The maximum Gasteiger partial charge on any atom is 0.229 e. The maximum absolute atomic E-state index is 11.8. The zero-order chi connectivity index (χ0) is 15.3. The van der Waals surface area contributed by atoms with E-state index in [-0.39, 0.29) is 43.5 Å². The molecule has 0 aromatic carbocycles. The van der Waals surface area contributed by atoms with Crippen LogP contribution in [0.25, 0.3) is 0 Å². The average Bonchev–Trinajstić information content (AvgIpc) is 2.66. The van der Waals surface area contributed by atoms with Gasteiger partial charge in [0.2, 0.25) is 17.7 Å². The Morgan fingerprint density at radius 1 is 1.10 bits per heavy atom. The average molecular weight is 282 g/mol. The largest absolute Gasteiger partial charge is 0.356 e. The summed E-state index contributed by atoms with van der Waals surface area (Å²) in [5.41, 5.74) is 0. The molecule has 1 fully saturated rings. The van der Waals surface area contributed by atoms with Crippen LogP contribution >= 0.6 is 0 Å². The fourth-order valence-electron chi connectivity index (χ4n) is 2.65. The van der Waals surface area contributed by atoms with Gasteiger partial charge in [0, 0.05) is 32.4 Å². The quantitative estimate of drug-likeness (QED) is 0.721. The molecule has 0 bridgehead atoms. The van der Waals surface area contributed by atoms with Gasteiger partial charge in [0.15, 0.2) is 0 Å². The molecule has 0 saturated carbocycles. The van der Waals surface area contributed by atoms with E-state index < -0.39 is 0 Å². The summed E-state index contributed by atoms with van der Waals surface area (Å²) in [5, 5.41) is 2.91. The molecule has 5 heteroatoms. The second kappa shape index (κ2) is 7.41. The minimum Gasteiger partial charge on any atom is -0.356 e. The molecular formula is C15H26N2O3. The van der Waals surface area contributed by atoms with Crippen LogP contribution in [0.15, 0.2) is 0 Å². The van der Waals surface area contributed by atoms with Crippen molar-refractivity contribution < 1.29 is 14.4 Å². The van der Waals surface area contributed by atoms with E-state index in [1.165, 1.54) is 4.90 Å². The molecule has 1 N–H and O–H groups in total. The minimum absolute atomic E-state index is 0.0937. The van der Waals surface area contributed by atoms with Crippen LogP contribution in [0.2, 0.25) is 0 Å². The van der Waals surface area contributed by atoms with Crippen LogP contribution in [0.1, 0.15) is 47.0 Å². The van der Waals surface area contributed by atoms with Gasteiger partial charge < -0.3 is 5.32 Å². The Labute approximate surface area is 121 Å². The molecule has 114 valence electrons. The van der Waals surface area contributed by atoms with Gasteiger partial charge in [-0.15, -0.1) is 0 Å². The number of carbonyl (C=O) groups is 3. The Kier molecular flexibility index (Phi) is 6.17. The summed E-state index contributed by atoms with van der Waals surface area (Å²) in [5.74, 6) is 1.04. The van der Waals surface area contributed by atoms with Crippen molar-refractivity contribution in [2.75, 3.05) is 13.1 Å². The summed E-state index contributed by atoms with van der Waals surface area (Å²) in [6.45, 7) is 9.46. The number of imide groups is 1. The molecule has 0 atom stereocenters. The summed E-state index contributed by atoms with van der Waals surface area (Å²) in [6.07, 6.45) is 0.757. The molecule has 1 aliphatic heterocycles. The SMILES string of the molecule is CC(C)C(CNC(=O)CCN1C(=O)CCC1=O)C(C)C. The highest BCUT2D eigenvalue weighted by Gasteiger charge is 2.28. The predicted molar refractivity (Wildman–Crippen MR) is 76.7 cm³/mol. The standard InChI is InChI=1S/C15H26N2O3/c1-10(2)12(11(3)4)9-16-13(18)7-8-17-14(19)5-6-15(17)20/h10-12H,5-9H2,1-4H3,(H,16,18). The number of nitrogens with one attached hydrogen (secondary N) is 1. The van der Waals surface area contributed by atoms with Crippen molar-refractivity contribution in [2.45, 2.75) is 47.0 Å². The van der Waals surface area contributed by atoms with Gasteiger partial charge in [-0.1, -0.05) is 27.7 Å². The molecule has 5 nitrogen and oxygen atoms in total. The van der Waals surface area contributed by atoms with E-state index in [1.807, 2.05) is 0 Å². The third kappa shape index (κ3) is 4.62. The van der Waals surface area contributed by atoms with E-state index in [4.69, 9.17) is 0 Å². The highest BCUT2D eigenvalue weighted by Crippen LogP contribution is 2.19. The number of nitrogens with zero attached hydrogens (tertiary/aromatic N) is 1. The smallest absolute Gasteiger partial charge is 0.229 e. The molecular weight excluding hydrogens is 256 g/mol. The first-order chi connectivity index (χ1) is 9.32. The molecule has 1 aliphatic rings. The molecule has 0 radical (unpaired) electrons. The second-order valence-corrected chi connectivity index (χ2v) is 6.15. The number of hydrogen-bond acceptors (Lipinski definition) is 3. The van der Waals surface area contributed by atoms with E-state index >= 15 is 0 Å². The summed E-state index contributed by atoms with van der Waals surface area (Å²) < 4.78 is 0. The third-order valence-electron chi connectivity index (χ3n) is 3.96. The first kappa shape index (κ1) is 16.7. The number of amides is 3. The molecule has 20 heavy (non-hydrogen) atoms. The lowest BCUT2D eigenvalue weighted by Gasteiger charge is -2.25. The lowest BCUT2D eigenvalue weighted by molar-refractivity contribution is -0.138. The first-order valence-electron chi connectivity index (χ1n) is 7.42. The van der Waals surface area contributed by atoms with Gasteiger partial charge in [-0.25, -0.2) is 0 Å². The van der Waals surface area contributed by atoms with Crippen LogP contribution in [0.4, 0.5) is 0 Å². The molecule has 0 aromatic heterocycles. The monoisotopic (exact) mass is 282 g/mol. The number of carbonyl (C=O) groups excluding carboxylic acids is 3. The van der Waals surface area contributed by atoms with Crippen molar-refractivity contribution >= 4 is 17.7 Å². The zero-order valence-corrected chi connectivity index (χ0v) is 12.9. The Morgan fingerprint density at radius 3 is 2.05 bits per heavy atom. The Morgan fingerprint density at radius 2 is 1.60 bits per heavy atom. The summed E-state index contributed by atoms with van der Waals surface area (Å²) >= 11 is 0. The van der Waals surface area contributed by atoms with Gasteiger partial charge in [0.05, 0.1) is 0 Å². The Bertz CT molecular complexity index is 353. The highest BCUT2D eigenvalue weighted by atomic mass is 16.2. The minimum atomic E-state index is -0.162. The van der Waals surface area contributed by atoms with Gasteiger partial charge >= 0.3 is 0 Å². The Hall–Kier alpha value is -1.39. The van der Waals surface area contributed by atoms with Gasteiger partial charge in [-0.3, -0.25) is 19.3 Å². The van der Waals surface area contributed by atoms with Crippen LogP contribution in [0.5, 0.6) is 0 Å². The lowest BCUT2D eigenvalue weighted by atomic mass is 9.85. The molecule has 0 spiro atoms. The topological polar surface area (TPSA) is 66.5 Å². The summed E-state index contributed by atoms with van der Waals surface area (Å²) in [4.78, 5) is 35.8. The number of rotatable bonds is 7. The van der Waals surface area contributed by atoms with Crippen LogP contribution in [-0.2, 0) is 14.4 Å². The van der Waals surface area contributed by atoms with Gasteiger partial charge in [0.25, 0.3) is 0 Å². The molecule has 3 amide bonds. The van der Waals surface area contributed by atoms with Crippen LogP contribution in [-0.4, -0.2) is 35.7 Å². The van der Waals surface area contributed by atoms with Crippen LogP contribution in [0.3, 0.4) is 0 Å². The highest BCUT2D eigenvalue weighted by molar-refractivity contribution is 6.02. The molecule has 0 aliphatic carbocycles. The van der Waals surface area contributed by atoms with E-state index in [9.17, 15) is 14.4 Å². The van der Waals surface area contributed by atoms with E-state index in [2.05, 4.69) is 33.0 Å². The van der Waals surface area contributed by atoms with E-state index in [0.717, 1.165) is 0 Å². The summed E-state index contributed by atoms with van der Waals surface area (Å²) in [6, 6.07) is 0. The predicted octanol–water partition coefficient (Wildman–Crippen LogP) is 1.57. The van der Waals surface area contributed by atoms with Crippen LogP contribution in [0, 0.1) is 17.8 Å². The molecule has 1 saturated heterocycles. The van der Waals surface area contributed by atoms with Crippen molar-refractivity contribution in [2.24, 2.45) is 17.8 Å². The maximum atomic E-state index is 11.8. The van der Waals surface area contributed by atoms with Gasteiger partial charge in [0.1, 0.15) is 0 Å². The van der Waals surface area contributed by atoms with Crippen molar-refractivity contribution in [3.63, 3.8) is 0 Å². The van der Waals surface area contributed by atoms with Crippen molar-refractivity contribution in [1.82, 2.24) is 10.2 Å². The molecule has 0 aromatic rings. The van der Waals surface area contributed by atoms with Crippen LogP contribution < -0.4 is 5.32 Å². The molecule has 0 unspecified atom stereocenters. The summed E-state index contributed by atoms with van der Waals surface area (Å²) in [7, 11) is 0. The third-order valence-corrected chi connectivity index (χ3v) is 3.96. The molecule has 1 heterocycles. The number of hydrogen-bond donors (Lipinski definition) is 1. The zero-order valence-electron chi connectivity index (χ0n) is 12.9. The van der Waals surface area contributed by atoms with E-state index in [0.29, 0.717) is 24.3 Å². The van der Waals surface area contributed by atoms with E-state index in [1.54, 1.807) is 0 Å². The Balaban J connectivity index is 2.33. The fourth-order valence-corrected chi connectivity index (χ4v) is 2.65. The van der Waals surface area contributed by atoms with Gasteiger partial charge in [-0.2, -0.15) is 0 Å². The molecule has 1 rings (SSSR count). The van der Waals surface area contributed by atoms with Gasteiger partial charge in [-0.05, 0) is 17.8 Å². The fraction of sp³-hybridized carbons (Fsp3) is 0.800. The van der Waals surface area contributed by atoms with Crippen molar-refractivity contribution in [3.8, 4) is 0 Å². The van der Waals surface area contributed by atoms with Crippen molar-refractivity contribution in [1.29, 1.82) is 0 Å². The first-order valence-corrected chi connectivity index (χ1v) is 7.42.